The molecule has 4 unspecified atom stereocenters. The molecule has 2 aliphatic rings. The zero-order valence-electron chi connectivity index (χ0n) is 15.5. The van der Waals surface area contributed by atoms with Gasteiger partial charge >= 0.3 is 0 Å². The van der Waals surface area contributed by atoms with E-state index in [0.717, 1.165) is 0 Å². The second kappa shape index (κ2) is 5.82. The van der Waals surface area contributed by atoms with E-state index in [1.54, 1.807) is 0 Å². The SMILES string of the molecule is CC1C(NC2CCN(C)C(C)(C)C2C)CCN(C)C1(C)C. The largest absolute Gasteiger partial charge is 0.310 e. The Hall–Kier alpha value is -0.120. The summed E-state index contributed by atoms with van der Waals surface area (Å²) in [6, 6.07) is 1.31. The molecule has 2 rings (SSSR count). The molecule has 21 heavy (non-hydrogen) atoms. The van der Waals surface area contributed by atoms with Crippen molar-refractivity contribution in [3.8, 4) is 0 Å². The van der Waals surface area contributed by atoms with Crippen LogP contribution in [-0.4, -0.2) is 60.1 Å². The third-order valence-corrected chi connectivity index (χ3v) is 7.38. The van der Waals surface area contributed by atoms with Crippen LogP contribution in [0, 0.1) is 11.8 Å². The van der Waals surface area contributed by atoms with Crippen molar-refractivity contribution < 1.29 is 0 Å². The molecule has 0 aromatic carbocycles. The van der Waals surface area contributed by atoms with Gasteiger partial charge in [0.2, 0.25) is 0 Å². The van der Waals surface area contributed by atoms with Gasteiger partial charge in [0.05, 0.1) is 0 Å². The lowest BCUT2D eigenvalue weighted by molar-refractivity contribution is -0.00428. The number of nitrogens with one attached hydrogen (secondary N) is 1. The molecular weight excluding hydrogens is 258 g/mol. The van der Waals surface area contributed by atoms with E-state index in [4.69, 9.17) is 0 Å². The van der Waals surface area contributed by atoms with Crippen LogP contribution in [0.4, 0.5) is 0 Å². The van der Waals surface area contributed by atoms with Crippen LogP contribution in [0.15, 0.2) is 0 Å². The zero-order chi connectivity index (χ0) is 16.0. The van der Waals surface area contributed by atoms with Crippen molar-refractivity contribution >= 4 is 0 Å². The first-order chi connectivity index (χ1) is 9.58. The van der Waals surface area contributed by atoms with Gasteiger partial charge in [-0.25, -0.2) is 0 Å². The average Bonchev–Trinajstić information content (AvgIpc) is 2.41. The Labute approximate surface area is 132 Å². The molecule has 0 radical (unpaired) electrons. The fourth-order valence-corrected chi connectivity index (χ4v) is 4.15. The van der Waals surface area contributed by atoms with Crippen LogP contribution in [0.1, 0.15) is 54.4 Å². The summed E-state index contributed by atoms with van der Waals surface area (Å²) in [5, 5.41) is 4.06. The van der Waals surface area contributed by atoms with Gasteiger partial charge in [0.1, 0.15) is 0 Å². The van der Waals surface area contributed by atoms with Crippen molar-refractivity contribution in [2.45, 2.75) is 77.5 Å². The van der Waals surface area contributed by atoms with Gasteiger partial charge in [-0.15, -0.1) is 0 Å². The first-order valence-corrected chi connectivity index (χ1v) is 8.77. The quantitative estimate of drug-likeness (QED) is 0.845. The van der Waals surface area contributed by atoms with E-state index in [1.165, 1.54) is 25.9 Å². The monoisotopic (exact) mass is 295 g/mol. The lowest BCUT2D eigenvalue weighted by Crippen LogP contribution is -2.64. The predicted octanol–water partition coefficient (Wildman–Crippen LogP) is 2.81. The molecule has 0 aromatic heterocycles. The molecule has 3 heteroatoms. The molecule has 2 saturated heterocycles. The maximum atomic E-state index is 4.06. The van der Waals surface area contributed by atoms with E-state index in [9.17, 15) is 0 Å². The van der Waals surface area contributed by atoms with E-state index < -0.39 is 0 Å². The van der Waals surface area contributed by atoms with Crippen molar-refractivity contribution in [3.63, 3.8) is 0 Å². The fourth-order valence-electron chi connectivity index (χ4n) is 4.15. The van der Waals surface area contributed by atoms with Crippen molar-refractivity contribution in [2.24, 2.45) is 11.8 Å². The summed E-state index contributed by atoms with van der Waals surface area (Å²) in [6.07, 6.45) is 2.56. The highest BCUT2D eigenvalue weighted by atomic mass is 15.2. The maximum Gasteiger partial charge on any atom is 0.0190 e. The Morgan fingerprint density at radius 1 is 0.762 bits per heavy atom. The normalized spacial score (nSPS) is 41.1. The smallest absolute Gasteiger partial charge is 0.0190 e. The minimum Gasteiger partial charge on any atom is -0.310 e. The minimum absolute atomic E-state index is 0.292. The number of rotatable bonds is 2. The Balaban J connectivity index is 2.05. The molecule has 0 bridgehead atoms. The van der Waals surface area contributed by atoms with Crippen molar-refractivity contribution in [1.82, 2.24) is 15.1 Å². The molecule has 3 nitrogen and oxygen atoms in total. The van der Waals surface area contributed by atoms with E-state index in [1.807, 2.05) is 0 Å². The average molecular weight is 296 g/mol. The number of hydrogen-bond donors (Lipinski definition) is 1. The minimum atomic E-state index is 0.292. The number of hydrogen-bond acceptors (Lipinski definition) is 3. The zero-order valence-corrected chi connectivity index (χ0v) is 15.5. The molecule has 1 N–H and O–H groups in total. The summed E-state index contributed by atoms with van der Waals surface area (Å²) in [7, 11) is 4.54. The van der Waals surface area contributed by atoms with Crippen molar-refractivity contribution in [2.75, 3.05) is 27.2 Å². The summed E-state index contributed by atoms with van der Waals surface area (Å²) in [5.74, 6) is 1.37. The summed E-state index contributed by atoms with van der Waals surface area (Å²) in [6.45, 7) is 16.9. The highest BCUT2D eigenvalue weighted by Gasteiger charge is 2.44. The summed E-state index contributed by atoms with van der Waals surface area (Å²) >= 11 is 0. The van der Waals surface area contributed by atoms with Gasteiger partial charge in [-0.1, -0.05) is 13.8 Å². The molecule has 4 atom stereocenters. The molecule has 0 aromatic rings. The van der Waals surface area contributed by atoms with Crippen LogP contribution in [0.3, 0.4) is 0 Å². The summed E-state index contributed by atoms with van der Waals surface area (Å²) < 4.78 is 0. The van der Waals surface area contributed by atoms with Crippen LogP contribution in [-0.2, 0) is 0 Å². The lowest BCUT2D eigenvalue weighted by Gasteiger charge is -2.53. The van der Waals surface area contributed by atoms with E-state index in [-0.39, 0.29) is 0 Å². The van der Waals surface area contributed by atoms with Crippen LogP contribution >= 0.6 is 0 Å². The predicted molar refractivity (Wildman–Crippen MR) is 91.7 cm³/mol. The Morgan fingerprint density at radius 3 is 1.43 bits per heavy atom. The van der Waals surface area contributed by atoms with Crippen LogP contribution < -0.4 is 5.32 Å². The first-order valence-electron chi connectivity index (χ1n) is 8.77. The molecule has 0 aliphatic carbocycles. The Bertz CT molecular complexity index is 329. The van der Waals surface area contributed by atoms with Crippen LogP contribution in [0.25, 0.3) is 0 Å². The first kappa shape index (κ1) is 17.2. The molecule has 2 heterocycles. The van der Waals surface area contributed by atoms with Crippen LogP contribution in [0.2, 0.25) is 0 Å². The van der Waals surface area contributed by atoms with Gasteiger partial charge in [0, 0.05) is 23.2 Å². The van der Waals surface area contributed by atoms with Gasteiger partial charge in [-0.05, 0) is 79.6 Å². The fraction of sp³-hybridized carbons (Fsp3) is 1.00. The maximum absolute atomic E-state index is 4.06. The van der Waals surface area contributed by atoms with Gasteiger partial charge < -0.3 is 15.1 Å². The molecule has 2 fully saturated rings. The third kappa shape index (κ3) is 3.02. The second-order valence-corrected chi connectivity index (χ2v) is 8.68. The number of nitrogens with zero attached hydrogens (tertiary/aromatic N) is 2. The second-order valence-electron chi connectivity index (χ2n) is 8.68. The Kier molecular flexibility index (Phi) is 4.78. The van der Waals surface area contributed by atoms with Crippen LogP contribution in [0.5, 0.6) is 0 Å². The lowest BCUT2D eigenvalue weighted by atomic mass is 9.74. The third-order valence-electron chi connectivity index (χ3n) is 7.38. The number of piperidine rings is 2. The standard InChI is InChI=1S/C18H37N3/c1-13-15(9-11-20(7)17(13,3)4)19-16-10-12-21(8)18(5,6)14(16)2/h13-16,19H,9-12H2,1-8H3. The molecule has 2 aliphatic heterocycles. The van der Waals surface area contributed by atoms with Gasteiger partial charge in [-0.3, -0.25) is 0 Å². The molecule has 0 amide bonds. The van der Waals surface area contributed by atoms with E-state index in [2.05, 4.69) is 70.8 Å². The highest BCUT2D eigenvalue weighted by Crippen LogP contribution is 2.36. The molecule has 0 spiro atoms. The molecular formula is C18H37N3. The Morgan fingerprint density at radius 2 is 1.10 bits per heavy atom. The molecule has 124 valence electrons. The van der Waals surface area contributed by atoms with E-state index in [0.29, 0.717) is 35.0 Å². The summed E-state index contributed by atoms with van der Waals surface area (Å²) in [5.41, 5.74) is 0.584. The van der Waals surface area contributed by atoms with Gasteiger partial charge in [0.25, 0.3) is 0 Å². The highest BCUT2D eigenvalue weighted by molar-refractivity contribution is 5.01. The van der Waals surface area contributed by atoms with Crippen molar-refractivity contribution in [1.29, 1.82) is 0 Å². The van der Waals surface area contributed by atoms with Crippen molar-refractivity contribution in [3.05, 3.63) is 0 Å². The topological polar surface area (TPSA) is 18.5 Å². The van der Waals surface area contributed by atoms with Gasteiger partial charge in [-0.2, -0.15) is 0 Å². The van der Waals surface area contributed by atoms with Gasteiger partial charge in [0.15, 0.2) is 0 Å². The number of likely N-dealkylation sites (tertiary alicyclic amines) is 2. The summed E-state index contributed by atoms with van der Waals surface area (Å²) in [4.78, 5) is 5.05. The molecule has 0 saturated carbocycles. The van der Waals surface area contributed by atoms with E-state index >= 15 is 0 Å².